The number of hydrogen-bond donors (Lipinski definition) is 2. The molecule has 1 aromatic carbocycles. The van der Waals surface area contributed by atoms with Crippen LogP contribution in [-0.2, 0) is 0 Å². The maximum atomic E-state index is 12.2. The van der Waals surface area contributed by atoms with Crippen molar-refractivity contribution in [2.24, 2.45) is 5.92 Å². The van der Waals surface area contributed by atoms with Gasteiger partial charge in [-0.25, -0.2) is 4.79 Å². The van der Waals surface area contributed by atoms with Crippen LogP contribution in [0.25, 0.3) is 22.2 Å². The number of benzene rings is 1. The first-order valence-electron chi connectivity index (χ1n) is 7.33. The van der Waals surface area contributed by atoms with Gasteiger partial charge in [-0.05, 0) is 24.3 Å². The molecule has 2 heterocycles. The van der Waals surface area contributed by atoms with Crippen LogP contribution in [-0.4, -0.2) is 26.8 Å². The van der Waals surface area contributed by atoms with E-state index in [1.54, 1.807) is 30.5 Å². The number of carbonyl (C=O) groups excluding carboxylic acids is 1. The summed E-state index contributed by atoms with van der Waals surface area (Å²) in [5, 5.41) is 9.82. The second-order valence-corrected chi connectivity index (χ2v) is 5.71. The van der Waals surface area contributed by atoms with Crippen LogP contribution in [0, 0.1) is 5.92 Å². The monoisotopic (exact) mass is 308 g/mol. The van der Waals surface area contributed by atoms with Gasteiger partial charge in [0.2, 0.25) is 0 Å². The van der Waals surface area contributed by atoms with E-state index in [1.807, 2.05) is 26.0 Å². The number of carboxylic acid groups (broad SMARTS) is 1. The van der Waals surface area contributed by atoms with Crippen molar-refractivity contribution in [3.8, 4) is 11.3 Å². The van der Waals surface area contributed by atoms with Gasteiger partial charge in [0.25, 0.3) is 0 Å². The molecule has 0 aliphatic rings. The van der Waals surface area contributed by atoms with Crippen LogP contribution >= 0.6 is 0 Å². The normalized spacial score (nSPS) is 11.1. The minimum absolute atomic E-state index is 0.0494. The standard InChI is InChI=1S/C18H16N2O3/c1-10(2)17(21)15-9-13-14(20-15)7-8-19-16(13)11-3-5-12(6-4-11)18(22)23/h3-10,20H,1-2H3,(H,22,23). The van der Waals surface area contributed by atoms with Crippen molar-refractivity contribution in [2.45, 2.75) is 13.8 Å². The lowest BCUT2D eigenvalue weighted by atomic mass is 10.0. The Morgan fingerprint density at radius 3 is 2.43 bits per heavy atom. The molecule has 0 fully saturated rings. The fraction of sp³-hybridized carbons (Fsp3) is 0.167. The van der Waals surface area contributed by atoms with Crippen LogP contribution in [0.2, 0.25) is 0 Å². The van der Waals surface area contributed by atoms with Crippen LogP contribution in [0.5, 0.6) is 0 Å². The summed E-state index contributed by atoms with van der Waals surface area (Å²) in [5.41, 5.74) is 3.15. The Morgan fingerprint density at radius 2 is 1.83 bits per heavy atom. The summed E-state index contributed by atoms with van der Waals surface area (Å²) in [6.45, 7) is 3.72. The summed E-state index contributed by atoms with van der Waals surface area (Å²) in [7, 11) is 0. The molecule has 5 nitrogen and oxygen atoms in total. The second kappa shape index (κ2) is 5.68. The van der Waals surface area contributed by atoms with Crippen LogP contribution in [0.3, 0.4) is 0 Å². The molecule has 3 rings (SSSR count). The first-order valence-corrected chi connectivity index (χ1v) is 7.33. The van der Waals surface area contributed by atoms with Crippen molar-refractivity contribution in [2.75, 3.05) is 0 Å². The number of nitrogens with zero attached hydrogens (tertiary/aromatic N) is 1. The molecule has 0 aliphatic heterocycles. The Hall–Kier alpha value is -2.95. The number of pyridine rings is 1. The van der Waals surface area contributed by atoms with Gasteiger partial charge in [0.15, 0.2) is 5.78 Å². The van der Waals surface area contributed by atoms with Gasteiger partial charge >= 0.3 is 5.97 Å². The summed E-state index contributed by atoms with van der Waals surface area (Å²) in [5.74, 6) is -1.00. The number of nitrogens with one attached hydrogen (secondary N) is 1. The minimum atomic E-state index is -0.964. The first-order chi connectivity index (χ1) is 11.0. The summed E-state index contributed by atoms with van der Waals surface area (Å²) in [4.78, 5) is 30.6. The summed E-state index contributed by atoms with van der Waals surface area (Å²) in [6.07, 6.45) is 1.67. The number of fused-ring (bicyclic) bond motifs is 1. The number of aromatic carboxylic acids is 1. The van der Waals surface area contributed by atoms with Crippen LogP contribution < -0.4 is 0 Å². The Labute approximate surface area is 133 Å². The van der Waals surface area contributed by atoms with Crippen molar-refractivity contribution < 1.29 is 14.7 Å². The second-order valence-electron chi connectivity index (χ2n) is 5.71. The molecule has 0 atom stereocenters. The van der Waals surface area contributed by atoms with E-state index in [4.69, 9.17) is 5.11 Å². The predicted octanol–water partition coefficient (Wildman–Crippen LogP) is 3.77. The highest BCUT2D eigenvalue weighted by Crippen LogP contribution is 2.28. The average Bonchev–Trinajstić information content (AvgIpc) is 2.98. The molecule has 0 aliphatic carbocycles. The molecular weight excluding hydrogens is 292 g/mol. The van der Waals surface area contributed by atoms with E-state index < -0.39 is 5.97 Å². The van der Waals surface area contributed by atoms with Gasteiger partial charge in [-0.3, -0.25) is 9.78 Å². The molecule has 0 bridgehead atoms. The van der Waals surface area contributed by atoms with Gasteiger partial charge in [0, 0.05) is 28.6 Å². The molecule has 0 saturated heterocycles. The summed E-state index contributed by atoms with van der Waals surface area (Å²) < 4.78 is 0. The van der Waals surface area contributed by atoms with Crippen molar-refractivity contribution in [3.63, 3.8) is 0 Å². The molecule has 0 radical (unpaired) electrons. The van der Waals surface area contributed by atoms with E-state index in [-0.39, 0.29) is 17.3 Å². The third kappa shape index (κ3) is 2.73. The van der Waals surface area contributed by atoms with Crippen molar-refractivity contribution >= 4 is 22.7 Å². The van der Waals surface area contributed by atoms with Gasteiger partial charge in [-0.15, -0.1) is 0 Å². The highest BCUT2D eigenvalue weighted by atomic mass is 16.4. The van der Waals surface area contributed by atoms with Crippen molar-refractivity contribution in [3.05, 3.63) is 53.9 Å². The van der Waals surface area contributed by atoms with Crippen LogP contribution in [0.15, 0.2) is 42.6 Å². The number of carboxylic acids is 1. The molecule has 0 saturated carbocycles. The number of aromatic nitrogens is 2. The van der Waals surface area contributed by atoms with Crippen molar-refractivity contribution in [1.29, 1.82) is 0 Å². The largest absolute Gasteiger partial charge is 0.478 e. The lowest BCUT2D eigenvalue weighted by Gasteiger charge is -2.03. The first kappa shape index (κ1) is 15.0. The average molecular weight is 308 g/mol. The number of Topliss-reactive ketones (excluding diaryl/α,β-unsaturated/α-hetero) is 1. The van der Waals surface area contributed by atoms with E-state index in [1.165, 1.54) is 0 Å². The Kier molecular flexibility index (Phi) is 3.70. The maximum absolute atomic E-state index is 12.2. The van der Waals surface area contributed by atoms with Crippen LogP contribution in [0.1, 0.15) is 34.7 Å². The van der Waals surface area contributed by atoms with E-state index in [2.05, 4.69) is 9.97 Å². The fourth-order valence-electron chi connectivity index (χ4n) is 2.50. The third-order valence-corrected chi connectivity index (χ3v) is 3.74. The lowest BCUT2D eigenvalue weighted by Crippen LogP contribution is -2.07. The van der Waals surface area contributed by atoms with E-state index in [0.717, 1.165) is 22.2 Å². The topological polar surface area (TPSA) is 83.1 Å². The number of hydrogen-bond acceptors (Lipinski definition) is 3. The smallest absolute Gasteiger partial charge is 0.335 e. The molecular formula is C18H16N2O3. The zero-order valence-electron chi connectivity index (χ0n) is 12.8. The van der Waals surface area contributed by atoms with E-state index in [9.17, 15) is 9.59 Å². The SMILES string of the molecule is CC(C)C(=O)c1cc2c(-c3ccc(C(=O)O)cc3)nccc2[nH]1. The van der Waals surface area contributed by atoms with Gasteiger partial charge in [0.1, 0.15) is 0 Å². The molecule has 116 valence electrons. The van der Waals surface area contributed by atoms with Crippen molar-refractivity contribution in [1.82, 2.24) is 9.97 Å². The highest BCUT2D eigenvalue weighted by Gasteiger charge is 2.16. The number of H-pyrrole nitrogens is 1. The Bertz CT molecular complexity index is 892. The predicted molar refractivity (Wildman–Crippen MR) is 87.7 cm³/mol. The number of rotatable bonds is 4. The molecule has 23 heavy (non-hydrogen) atoms. The zero-order valence-corrected chi connectivity index (χ0v) is 12.8. The van der Waals surface area contributed by atoms with E-state index >= 15 is 0 Å². The minimum Gasteiger partial charge on any atom is -0.478 e. The summed E-state index contributed by atoms with van der Waals surface area (Å²) in [6, 6.07) is 10.2. The maximum Gasteiger partial charge on any atom is 0.335 e. The Morgan fingerprint density at radius 1 is 1.13 bits per heavy atom. The molecule has 0 amide bonds. The molecule has 2 N–H and O–H groups in total. The summed E-state index contributed by atoms with van der Waals surface area (Å²) >= 11 is 0. The van der Waals surface area contributed by atoms with Gasteiger partial charge in [0.05, 0.1) is 17.0 Å². The number of carbonyl (C=O) groups is 2. The number of ketones is 1. The zero-order chi connectivity index (χ0) is 16.6. The molecule has 5 heteroatoms. The molecule has 2 aromatic heterocycles. The fourth-order valence-corrected chi connectivity index (χ4v) is 2.50. The molecule has 3 aromatic rings. The van der Waals surface area contributed by atoms with Crippen LogP contribution in [0.4, 0.5) is 0 Å². The van der Waals surface area contributed by atoms with Gasteiger partial charge < -0.3 is 10.1 Å². The molecule has 0 spiro atoms. The number of aromatic amines is 1. The van der Waals surface area contributed by atoms with E-state index in [0.29, 0.717) is 5.69 Å². The van der Waals surface area contributed by atoms with Gasteiger partial charge in [-0.1, -0.05) is 26.0 Å². The third-order valence-electron chi connectivity index (χ3n) is 3.74. The molecule has 0 unspecified atom stereocenters. The lowest BCUT2D eigenvalue weighted by molar-refractivity contribution is 0.0696. The Balaban J connectivity index is 2.10. The quantitative estimate of drug-likeness (QED) is 0.719. The van der Waals surface area contributed by atoms with Gasteiger partial charge in [-0.2, -0.15) is 0 Å². The highest BCUT2D eigenvalue weighted by molar-refractivity contribution is 6.03.